The number of tetrazole rings is 1. The van der Waals surface area contributed by atoms with Gasteiger partial charge in [-0.25, -0.2) is 0 Å². The summed E-state index contributed by atoms with van der Waals surface area (Å²) in [4.78, 5) is 28.6. The quantitative estimate of drug-likeness (QED) is 0.705. The minimum absolute atomic E-state index is 0.00780. The largest absolute Gasteiger partial charge is 0.480 e. The molecule has 154 valence electrons. The van der Waals surface area contributed by atoms with Crippen LogP contribution in [-0.4, -0.2) is 79.2 Å². The van der Waals surface area contributed by atoms with Crippen LogP contribution in [0.15, 0.2) is 24.3 Å². The summed E-state index contributed by atoms with van der Waals surface area (Å²) in [5.41, 5.74) is 1.72. The Kier molecular flexibility index (Phi) is 6.60. The van der Waals surface area contributed by atoms with Gasteiger partial charge < -0.3 is 10.0 Å². The van der Waals surface area contributed by atoms with Crippen LogP contribution in [0.3, 0.4) is 0 Å². The molecule has 29 heavy (non-hydrogen) atoms. The first-order valence-electron chi connectivity index (χ1n) is 9.27. The monoisotopic (exact) mass is 418 g/mol. The predicted molar refractivity (Wildman–Crippen MR) is 107 cm³/mol. The van der Waals surface area contributed by atoms with Gasteiger partial charge in [0.25, 0.3) is 0 Å². The molecule has 2 aromatic rings. The molecule has 0 bridgehead atoms. The standard InChI is InChI=1S/C19H23ClN6O3/c1-13-10-24(12-19(28)29)7-8-25(13)18(27)6-4-15-3-5-17(20)9-16(15)11-26-22-14(2)21-23-26/h3-6,9,13H,7-8,10-12H2,1-2H3,(H,28,29)/b6-4+/t13-/m1/s1. The van der Waals surface area contributed by atoms with Gasteiger partial charge in [0.05, 0.1) is 13.1 Å². The molecule has 1 saturated heterocycles. The van der Waals surface area contributed by atoms with E-state index in [0.29, 0.717) is 37.0 Å². The number of aromatic nitrogens is 4. The Morgan fingerprint density at radius 2 is 2.14 bits per heavy atom. The smallest absolute Gasteiger partial charge is 0.317 e. The lowest BCUT2D eigenvalue weighted by molar-refractivity contribution is -0.139. The molecule has 2 heterocycles. The van der Waals surface area contributed by atoms with Crippen molar-refractivity contribution in [1.29, 1.82) is 0 Å². The van der Waals surface area contributed by atoms with Crippen molar-refractivity contribution in [3.05, 3.63) is 46.2 Å². The maximum atomic E-state index is 12.7. The molecule has 10 heteroatoms. The first-order chi connectivity index (χ1) is 13.8. The molecular weight excluding hydrogens is 396 g/mol. The first-order valence-corrected chi connectivity index (χ1v) is 9.65. The van der Waals surface area contributed by atoms with E-state index < -0.39 is 5.97 Å². The minimum Gasteiger partial charge on any atom is -0.480 e. The lowest BCUT2D eigenvalue weighted by Gasteiger charge is -2.38. The third-order valence-electron chi connectivity index (χ3n) is 4.73. The summed E-state index contributed by atoms with van der Waals surface area (Å²) >= 11 is 6.13. The number of hydrogen-bond acceptors (Lipinski definition) is 6. The van der Waals surface area contributed by atoms with E-state index in [1.165, 1.54) is 10.9 Å². The lowest BCUT2D eigenvalue weighted by Crippen LogP contribution is -2.54. The Labute approximate surface area is 173 Å². The van der Waals surface area contributed by atoms with E-state index in [1.807, 2.05) is 24.0 Å². The summed E-state index contributed by atoms with van der Waals surface area (Å²) in [6, 6.07) is 5.37. The Bertz CT molecular complexity index is 928. The van der Waals surface area contributed by atoms with Crippen molar-refractivity contribution in [3.63, 3.8) is 0 Å². The molecule has 0 radical (unpaired) electrons. The number of amides is 1. The number of nitrogens with zero attached hydrogens (tertiary/aromatic N) is 6. The highest BCUT2D eigenvalue weighted by Gasteiger charge is 2.27. The van der Waals surface area contributed by atoms with Gasteiger partial charge in [-0.1, -0.05) is 17.7 Å². The van der Waals surface area contributed by atoms with Crippen molar-refractivity contribution in [3.8, 4) is 0 Å². The van der Waals surface area contributed by atoms with Crippen LogP contribution < -0.4 is 0 Å². The SMILES string of the molecule is Cc1nnn(Cc2cc(Cl)ccc2/C=C/C(=O)N2CCN(CC(=O)O)C[C@H]2C)n1. The van der Waals surface area contributed by atoms with E-state index in [2.05, 4.69) is 15.4 Å². The summed E-state index contributed by atoms with van der Waals surface area (Å²) in [5.74, 6) is -0.386. The van der Waals surface area contributed by atoms with Crippen LogP contribution in [0.5, 0.6) is 0 Å². The molecule has 1 aromatic carbocycles. The molecule has 0 spiro atoms. The van der Waals surface area contributed by atoms with Crippen LogP contribution in [0.4, 0.5) is 0 Å². The summed E-state index contributed by atoms with van der Waals surface area (Å²) in [7, 11) is 0. The number of carboxylic acids is 1. The van der Waals surface area contributed by atoms with Gasteiger partial charge in [-0.3, -0.25) is 14.5 Å². The fourth-order valence-corrected chi connectivity index (χ4v) is 3.56. The number of carbonyl (C=O) groups is 2. The van der Waals surface area contributed by atoms with Crippen LogP contribution >= 0.6 is 11.6 Å². The average molecular weight is 419 g/mol. The molecule has 0 aliphatic carbocycles. The Morgan fingerprint density at radius 3 is 2.79 bits per heavy atom. The third-order valence-corrected chi connectivity index (χ3v) is 4.96. The zero-order chi connectivity index (χ0) is 21.0. The zero-order valence-corrected chi connectivity index (χ0v) is 17.1. The number of aliphatic carboxylic acids is 1. The molecule has 1 atom stereocenters. The zero-order valence-electron chi connectivity index (χ0n) is 16.3. The first kappa shape index (κ1) is 20.9. The van der Waals surface area contributed by atoms with Gasteiger partial charge in [0.1, 0.15) is 0 Å². The average Bonchev–Trinajstić information content (AvgIpc) is 3.05. The molecule has 1 aliphatic heterocycles. The van der Waals surface area contributed by atoms with Crippen molar-refractivity contribution in [2.45, 2.75) is 26.4 Å². The Balaban J connectivity index is 1.69. The van der Waals surface area contributed by atoms with Crippen LogP contribution in [-0.2, 0) is 16.1 Å². The summed E-state index contributed by atoms with van der Waals surface area (Å²) < 4.78 is 0. The molecule has 9 nitrogen and oxygen atoms in total. The number of piperazine rings is 1. The van der Waals surface area contributed by atoms with Crippen LogP contribution in [0.25, 0.3) is 6.08 Å². The number of carboxylic acid groups (broad SMARTS) is 1. The van der Waals surface area contributed by atoms with Gasteiger partial charge >= 0.3 is 5.97 Å². The number of rotatable bonds is 6. The van der Waals surface area contributed by atoms with Gasteiger partial charge in [-0.15, -0.1) is 10.2 Å². The number of carbonyl (C=O) groups excluding carboxylic acids is 1. The van der Waals surface area contributed by atoms with Crippen molar-refractivity contribution < 1.29 is 14.7 Å². The Morgan fingerprint density at radius 1 is 1.34 bits per heavy atom. The van der Waals surface area contributed by atoms with Crippen molar-refractivity contribution >= 4 is 29.6 Å². The van der Waals surface area contributed by atoms with Gasteiger partial charge in [0.15, 0.2) is 5.82 Å². The van der Waals surface area contributed by atoms with E-state index in [1.54, 1.807) is 24.0 Å². The highest BCUT2D eigenvalue weighted by molar-refractivity contribution is 6.30. The number of hydrogen-bond donors (Lipinski definition) is 1. The van der Waals surface area contributed by atoms with Crippen LogP contribution in [0, 0.1) is 6.92 Å². The number of halogens is 1. The van der Waals surface area contributed by atoms with Gasteiger partial charge in [-0.05, 0) is 48.4 Å². The van der Waals surface area contributed by atoms with Crippen molar-refractivity contribution in [1.82, 2.24) is 30.0 Å². The fourth-order valence-electron chi connectivity index (χ4n) is 3.37. The predicted octanol–water partition coefficient (Wildman–Crippen LogP) is 1.31. The summed E-state index contributed by atoms with van der Waals surface area (Å²) in [5, 5.41) is 21.5. The molecule has 0 unspecified atom stereocenters. The lowest BCUT2D eigenvalue weighted by atomic mass is 10.1. The normalized spacial score (nSPS) is 17.8. The van der Waals surface area contributed by atoms with E-state index in [-0.39, 0.29) is 18.5 Å². The summed E-state index contributed by atoms with van der Waals surface area (Å²) in [6.45, 7) is 5.64. The molecule has 1 aromatic heterocycles. The topological polar surface area (TPSA) is 104 Å². The highest BCUT2D eigenvalue weighted by atomic mass is 35.5. The van der Waals surface area contributed by atoms with Gasteiger partial charge in [-0.2, -0.15) is 4.80 Å². The molecule has 1 aliphatic rings. The van der Waals surface area contributed by atoms with E-state index in [0.717, 1.165) is 11.1 Å². The second-order valence-corrected chi connectivity index (χ2v) is 7.49. The van der Waals surface area contributed by atoms with Crippen molar-refractivity contribution in [2.75, 3.05) is 26.2 Å². The second kappa shape index (κ2) is 9.15. The van der Waals surface area contributed by atoms with E-state index in [9.17, 15) is 9.59 Å². The van der Waals surface area contributed by atoms with Crippen LogP contribution in [0.1, 0.15) is 23.9 Å². The molecule has 1 fully saturated rings. The maximum absolute atomic E-state index is 12.7. The third kappa shape index (κ3) is 5.61. The molecule has 3 rings (SSSR count). The summed E-state index contributed by atoms with van der Waals surface area (Å²) in [6.07, 6.45) is 3.30. The van der Waals surface area contributed by atoms with Crippen LogP contribution in [0.2, 0.25) is 5.02 Å². The second-order valence-electron chi connectivity index (χ2n) is 7.05. The van der Waals surface area contributed by atoms with Gasteiger partial charge in [0, 0.05) is 36.8 Å². The fraction of sp³-hybridized carbons (Fsp3) is 0.421. The number of aryl methyl sites for hydroxylation is 1. The van der Waals surface area contributed by atoms with Crippen molar-refractivity contribution in [2.24, 2.45) is 0 Å². The van der Waals surface area contributed by atoms with E-state index in [4.69, 9.17) is 16.7 Å². The van der Waals surface area contributed by atoms with Gasteiger partial charge in [0.2, 0.25) is 5.91 Å². The van der Waals surface area contributed by atoms with E-state index >= 15 is 0 Å². The molecule has 1 N–H and O–H groups in total. The molecule has 1 amide bonds. The number of benzene rings is 1. The highest BCUT2D eigenvalue weighted by Crippen LogP contribution is 2.19. The molecular formula is C19H23ClN6O3. The molecule has 0 saturated carbocycles. The Hall–Kier alpha value is -2.78. The minimum atomic E-state index is -0.857. The maximum Gasteiger partial charge on any atom is 0.317 e.